The van der Waals surface area contributed by atoms with E-state index in [0.717, 1.165) is 23.5 Å². The number of nitrogens with one attached hydrogen (secondary N) is 1. The van der Waals surface area contributed by atoms with Gasteiger partial charge in [0.25, 0.3) is 0 Å². The fraction of sp³-hybridized carbons (Fsp3) is 0.571. The molecule has 0 bridgehead atoms. The molecule has 1 aliphatic heterocycles. The van der Waals surface area contributed by atoms with Crippen LogP contribution in [0, 0.1) is 17.3 Å². The van der Waals surface area contributed by atoms with Gasteiger partial charge in [-0.1, -0.05) is 31.6 Å². The molecule has 0 aromatic heterocycles. The number of ether oxygens (including phenoxy) is 2. The summed E-state index contributed by atoms with van der Waals surface area (Å²) in [6, 6.07) is 5.86. The molecule has 4 nitrogen and oxygen atoms in total. The van der Waals surface area contributed by atoms with Crippen molar-refractivity contribution in [3.8, 4) is 11.5 Å². The standard InChI is InChI=1S/C21H29NO3/c1-13(2)11-16-19(21(16,4)5)20(23)22-14(3)15-7-8-17-18(12-15)25-10-6-9-24-17/h7-8,11-12,14,16,19H,6,9-10H2,1-5H3,(H,22,23)/t14-,16-,19+/m1/s1. The molecule has 3 atom stereocenters. The molecule has 0 saturated heterocycles. The van der Waals surface area contributed by atoms with E-state index in [1.807, 2.05) is 25.1 Å². The van der Waals surface area contributed by atoms with Gasteiger partial charge < -0.3 is 14.8 Å². The Bertz CT molecular complexity index is 688. The van der Waals surface area contributed by atoms with Crippen LogP contribution in [0.2, 0.25) is 0 Å². The number of carbonyl (C=O) groups excluding carboxylic acids is 1. The number of hydrogen-bond acceptors (Lipinski definition) is 3. The molecule has 25 heavy (non-hydrogen) atoms. The lowest BCUT2D eigenvalue weighted by Gasteiger charge is -2.17. The zero-order valence-corrected chi connectivity index (χ0v) is 15.9. The summed E-state index contributed by atoms with van der Waals surface area (Å²) in [5, 5.41) is 3.17. The zero-order chi connectivity index (χ0) is 18.2. The number of allylic oxidation sites excluding steroid dienone is 2. The first kappa shape index (κ1) is 17.8. The van der Waals surface area contributed by atoms with E-state index in [0.29, 0.717) is 19.1 Å². The van der Waals surface area contributed by atoms with Gasteiger partial charge >= 0.3 is 0 Å². The van der Waals surface area contributed by atoms with Gasteiger partial charge in [0.15, 0.2) is 11.5 Å². The van der Waals surface area contributed by atoms with E-state index in [2.05, 4.69) is 39.1 Å². The van der Waals surface area contributed by atoms with Crippen molar-refractivity contribution in [1.29, 1.82) is 0 Å². The van der Waals surface area contributed by atoms with Gasteiger partial charge in [-0.25, -0.2) is 0 Å². The molecule has 1 aromatic rings. The molecule has 1 aromatic carbocycles. The fourth-order valence-corrected chi connectivity index (χ4v) is 3.68. The predicted molar refractivity (Wildman–Crippen MR) is 98.8 cm³/mol. The maximum Gasteiger partial charge on any atom is 0.224 e. The Kier molecular flexibility index (Phi) is 4.81. The van der Waals surface area contributed by atoms with Crippen molar-refractivity contribution in [3.63, 3.8) is 0 Å². The second-order valence-corrected chi connectivity index (χ2v) is 8.06. The van der Waals surface area contributed by atoms with Crippen LogP contribution in [0.15, 0.2) is 29.8 Å². The van der Waals surface area contributed by atoms with Gasteiger partial charge in [0.2, 0.25) is 5.91 Å². The van der Waals surface area contributed by atoms with Crippen LogP contribution in [-0.4, -0.2) is 19.1 Å². The molecule has 2 aliphatic rings. The Balaban J connectivity index is 1.68. The molecule has 136 valence electrons. The van der Waals surface area contributed by atoms with Crippen LogP contribution < -0.4 is 14.8 Å². The smallest absolute Gasteiger partial charge is 0.224 e. The van der Waals surface area contributed by atoms with Crippen molar-refractivity contribution in [2.24, 2.45) is 17.3 Å². The van der Waals surface area contributed by atoms with Gasteiger partial charge in [0, 0.05) is 6.42 Å². The number of benzene rings is 1. The lowest BCUT2D eigenvalue weighted by Crippen LogP contribution is -2.29. The first-order valence-electron chi connectivity index (χ1n) is 9.15. The van der Waals surface area contributed by atoms with Crippen molar-refractivity contribution >= 4 is 5.91 Å². The summed E-state index contributed by atoms with van der Waals surface area (Å²) in [6.07, 6.45) is 3.11. The maximum atomic E-state index is 12.7. The summed E-state index contributed by atoms with van der Waals surface area (Å²) < 4.78 is 11.4. The van der Waals surface area contributed by atoms with Crippen LogP contribution >= 0.6 is 0 Å². The third-order valence-electron chi connectivity index (χ3n) is 5.34. The average Bonchev–Trinajstić information content (AvgIpc) is 3.16. The monoisotopic (exact) mass is 343 g/mol. The van der Waals surface area contributed by atoms with E-state index in [1.165, 1.54) is 5.57 Å². The number of rotatable bonds is 4. The summed E-state index contributed by atoms with van der Waals surface area (Å²) in [7, 11) is 0. The highest BCUT2D eigenvalue weighted by Gasteiger charge is 2.60. The Morgan fingerprint density at radius 2 is 1.92 bits per heavy atom. The first-order valence-corrected chi connectivity index (χ1v) is 9.15. The van der Waals surface area contributed by atoms with Crippen LogP contribution in [0.5, 0.6) is 11.5 Å². The topological polar surface area (TPSA) is 47.6 Å². The van der Waals surface area contributed by atoms with Gasteiger partial charge in [-0.15, -0.1) is 0 Å². The van der Waals surface area contributed by atoms with Crippen molar-refractivity contribution in [3.05, 3.63) is 35.4 Å². The number of carbonyl (C=O) groups is 1. The van der Waals surface area contributed by atoms with E-state index in [9.17, 15) is 4.79 Å². The lowest BCUT2D eigenvalue weighted by molar-refractivity contribution is -0.123. The minimum atomic E-state index is -0.0617. The SMILES string of the molecule is CC(C)=C[C@@H]1[C@@H](C(=O)N[C@H](C)c2ccc3c(c2)OCCCO3)C1(C)C. The third-order valence-corrected chi connectivity index (χ3v) is 5.34. The second-order valence-electron chi connectivity index (χ2n) is 8.06. The normalized spacial score (nSPS) is 24.7. The maximum absolute atomic E-state index is 12.7. The Morgan fingerprint density at radius 3 is 2.60 bits per heavy atom. The minimum Gasteiger partial charge on any atom is -0.490 e. The van der Waals surface area contributed by atoms with Gasteiger partial charge in [-0.3, -0.25) is 4.79 Å². The van der Waals surface area contributed by atoms with Gasteiger partial charge in [-0.05, 0) is 49.8 Å². The summed E-state index contributed by atoms with van der Waals surface area (Å²) in [5.41, 5.74) is 2.34. The Hall–Kier alpha value is -1.97. The lowest BCUT2D eigenvalue weighted by atomic mass is 10.1. The Labute approximate surface area is 150 Å². The molecule has 4 heteroatoms. The predicted octanol–water partition coefficient (Wildman–Crippen LogP) is 4.26. The quantitative estimate of drug-likeness (QED) is 0.831. The molecular formula is C21H29NO3. The minimum absolute atomic E-state index is 0.0335. The number of fused-ring (bicyclic) bond motifs is 1. The van der Waals surface area contributed by atoms with Gasteiger partial charge in [0.1, 0.15) is 0 Å². The van der Waals surface area contributed by atoms with E-state index in [1.54, 1.807) is 0 Å². The molecule has 0 spiro atoms. The van der Waals surface area contributed by atoms with E-state index < -0.39 is 0 Å². The molecule has 1 heterocycles. The van der Waals surface area contributed by atoms with Crippen LogP contribution in [0.1, 0.15) is 52.6 Å². The van der Waals surface area contributed by atoms with Gasteiger partial charge in [0.05, 0.1) is 25.2 Å². The molecule has 1 aliphatic carbocycles. The zero-order valence-electron chi connectivity index (χ0n) is 15.9. The van der Waals surface area contributed by atoms with Crippen molar-refractivity contribution in [2.75, 3.05) is 13.2 Å². The largest absolute Gasteiger partial charge is 0.490 e. The van der Waals surface area contributed by atoms with Crippen LogP contribution in [0.3, 0.4) is 0 Å². The Morgan fingerprint density at radius 1 is 1.24 bits per heavy atom. The van der Waals surface area contributed by atoms with Gasteiger partial charge in [-0.2, -0.15) is 0 Å². The van der Waals surface area contributed by atoms with E-state index >= 15 is 0 Å². The number of hydrogen-bond donors (Lipinski definition) is 1. The summed E-state index contributed by atoms with van der Waals surface area (Å²) in [6.45, 7) is 11.9. The van der Waals surface area contributed by atoms with Crippen LogP contribution in [-0.2, 0) is 4.79 Å². The summed E-state index contributed by atoms with van der Waals surface area (Å²) >= 11 is 0. The molecule has 3 rings (SSSR count). The van der Waals surface area contributed by atoms with Crippen LogP contribution in [0.25, 0.3) is 0 Å². The highest BCUT2D eigenvalue weighted by Crippen LogP contribution is 2.59. The van der Waals surface area contributed by atoms with E-state index in [-0.39, 0.29) is 23.3 Å². The fourth-order valence-electron chi connectivity index (χ4n) is 3.68. The molecule has 1 N–H and O–H groups in total. The van der Waals surface area contributed by atoms with Crippen molar-refractivity contribution < 1.29 is 14.3 Å². The molecule has 1 amide bonds. The van der Waals surface area contributed by atoms with Crippen molar-refractivity contribution in [1.82, 2.24) is 5.32 Å². The van der Waals surface area contributed by atoms with Crippen LogP contribution in [0.4, 0.5) is 0 Å². The number of amides is 1. The molecular weight excluding hydrogens is 314 g/mol. The third kappa shape index (κ3) is 3.68. The summed E-state index contributed by atoms with van der Waals surface area (Å²) in [5.74, 6) is 2.06. The highest BCUT2D eigenvalue weighted by molar-refractivity contribution is 5.84. The summed E-state index contributed by atoms with van der Waals surface area (Å²) in [4.78, 5) is 12.7. The second kappa shape index (κ2) is 6.74. The average molecular weight is 343 g/mol. The molecule has 1 fully saturated rings. The van der Waals surface area contributed by atoms with E-state index in [4.69, 9.17) is 9.47 Å². The van der Waals surface area contributed by atoms with Crippen molar-refractivity contribution in [2.45, 2.75) is 47.1 Å². The molecule has 0 unspecified atom stereocenters. The molecule has 0 radical (unpaired) electrons. The first-order chi connectivity index (χ1) is 11.8. The molecule has 1 saturated carbocycles. The highest BCUT2D eigenvalue weighted by atomic mass is 16.5.